The molecule has 2 fully saturated rings. The molecule has 0 bridgehead atoms. The number of rotatable bonds is 5. The smallest absolute Gasteiger partial charge is 0.257 e. The van der Waals surface area contributed by atoms with Crippen LogP contribution in [0.5, 0.6) is 5.75 Å². The van der Waals surface area contributed by atoms with Crippen LogP contribution in [-0.2, 0) is 4.74 Å². The molecular formula is C19H26ClIN2O3. The van der Waals surface area contributed by atoms with Gasteiger partial charge in [0.15, 0.2) is 0 Å². The quantitative estimate of drug-likeness (QED) is 0.590. The SMILES string of the molecule is COc1cc(I)c(Cl)cc1C(=O)N1CCC(CCN2CCOCC2)CC1. The number of carbonyl (C=O) groups excluding carboxylic acids is 1. The lowest BCUT2D eigenvalue weighted by Gasteiger charge is -2.34. The van der Waals surface area contributed by atoms with Gasteiger partial charge in [-0.2, -0.15) is 0 Å². The van der Waals surface area contributed by atoms with E-state index in [-0.39, 0.29) is 5.91 Å². The van der Waals surface area contributed by atoms with Crippen molar-refractivity contribution in [2.45, 2.75) is 19.3 Å². The number of likely N-dealkylation sites (tertiary alicyclic amines) is 1. The Morgan fingerprint density at radius 2 is 1.96 bits per heavy atom. The Balaban J connectivity index is 1.53. The van der Waals surface area contributed by atoms with Gasteiger partial charge in [-0.1, -0.05) is 11.6 Å². The largest absolute Gasteiger partial charge is 0.496 e. The number of carbonyl (C=O) groups is 1. The number of ether oxygens (including phenoxy) is 2. The first-order valence-electron chi connectivity index (χ1n) is 9.21. The number of nitrogens with zero attached hydrogens (tertiary/aromatic N) is 2. The summed E-state index contributed by atoms with van der Waals surface area (Å²) in [6, 6.07) is 3.56. The lowest BCUT2D eigenvalue weighted by Crippen LogP contribution is -2.41. The molecule has 2 aliphatic heterocycles. The van der Waals surface area contributed by atoms with Crippen molar-refractivity contribution in [3.63, 3.8) is 0 Å². The third-order valence-electron chi connectivity index (χ3n) is 5.33. The van der Waals surface area contributed by atoms with Gasteiger partial charge in [0.2, 0.25) is 0 Å². The molecule has 0 saturated carbocycles. The molecule has 0 atom stereocenters. The fourth-order valence-electron chi connectivity index (χ4n) is 3.65. The van der Waals surface area contributed by atoms with Gasteiger partial charge in [0, 0.05) is 29.7 Å². The molecule has 2 heterocycles. The lowest BCUT2D eigenvalue weighted by molar-refractivity contribution is 0.0332. The van der Waals surface area contributed by atoms with Crippen LogP contribution < -0.4 is 4.74 Å². The summed E-state index contributed by atoms with van der Waals surface area (Å²) in [6.07, 6.45) is 3.34. The second-order valence-corrected chi connectivity index (χ2v) is 8.51. The predicted octanol–water partition coefficient (Wildman–Crippen LogP) is 3.53. The maximum atomic E-state index is 12.9. The van der Waals surface area contributed by atoms with Crippen LogP contribution in [0.2, 0.25) is 5.02 Å². The highest BCUT2D eigenvalue weighted by Gasteiger charge is 2.26. The van der Waals surface area contributed by atoms with Crippen LogP contribution in [0.4, 0.5) is 0 Å². The van der Waals surface area contributed by atoms with Crippen molar-refractivity contribution in [2.24, 2.45) is 5.92 Å². The van der Waals surface area contributed by atoms with Gasteiger partial charge in [-0.3, -0.25) is 9.69 Å². The molecule has 144 valence electrons. The van der Waals surface area contributed by atoms with E-state index in [4.69, 9.17) is 21.1 Å². The van der Waals surface area contributed by atoms with E-state index in [0.29, 0.717) is 22.3 Å². The van der Waals surface area contributed by atoms with E-state index < -0.39 is 0 Å². The average molecular weight is 493 g/mol. The van der Waals surface area contributed by atoms with Gasteiger partial charge in [0.1, 0.15) is 5.75 Å². The second kappa shape index (κ2) is 9.57. The van der Waals surface area contributed by atoms with Crippen LogP contribution in [0.1, 0.15) is 29.6 Å². The van der Waals surface area contributed by atoms with E-state index in [9.17, 15) is 4.79 Å². The first kappa shape index (κ1) is 20.2. The third-order valence-corrected chi connectivity index (χ3v) is 6.86. The van der Waals surface area contributed by atoms with E-state index in [0.717, 1.165) is 62.3 Å². The minimum Gasteiger partial charge on any atom is -0.496 e. The minimum absolute atomic E-state index is 0.0202. The third kappa shape index (κ3) is 5.03. The normalized spacial score (nSPS) is 19.6. The molecule has 3 rings (SSSR count). The van der Waals surface area contributed by atoms with Crippen LogP contribution >= 0.6 is 34.2 Å². The maximum absolute atomic E-state index is 12.9. The molecule has 0 radical (unpaired) electrons. The topological polar surface area (TPSA) is 42.0 Å². The van der Waals surface area contributed by atoms with Gasteiger partial charge < -0.3 is 14.4 Å². The van der Waals surface area contributed by atoms with E-state index >= 15 is 0 Å². The van der Waals surface area contributed by atoms with Gasteiger partial charge >= 0.3 is 0 Å². The highest BCUT2D eigenvalue weighted by molar-refractivity contribution is 14.1. The molecule has 5 nitrogen and oxygen atoms in total. The monoisotopic (exact) mass is 492 g/mol. The summed E-state index contributed by atoms with van der Waals surface area (Å²) in [5.74, 6) is 1.31. The van der Waals surface area contributed by atoms with Crippen molar-refractivity contribution in [1.29, 1.82) is 0 Å². The summed E-state index contributed by atoms with van der Waals surface area (Å²) >= 11 is 8.37. The standard InChI is InChI=1S/C19H26ClIN2O3/c1-25-18-13-17(21)16(20)12-15(18)19(24)23-6-3-14(4-7-23)2-5-22-8-10-26-11-9-22/h12-14H,2-11H2,1H3. The summed E-state index contributed by atoms with van der Waals surface area (Å²) in [7, 11) is 1.59. The second-order valence-electron chi connectivity index (χ2n) is 6.94. The number of methoxy groups -OCH3 is 1. The van der Waals surface area contributed by atoms with Crippen molar-refractivity contribution in [3.8, 4) is 5.75 Å². The number of piperidine rings is 1. The Labute approximate surface area is 174 Å². The van der Waals surface area contributed by atoms with E-state index in [1.165, 1.54) is 6.42 Å². The van der Waals surface area contributed by atoms with Crippen LogP contribution in [0.25, 0.3) is 0 Å². The molecule has 0 spiro atoms. The number of halogens is 2. The summed E-state index contributed by atoms with van der Waals surface area (Å²) in [5, 5.41) is 0.593. The summed E-state index contributed by atoms with van der Waals surface area (Å²) in [6.45, 7) is 6.55. The van der Waals surface area contributed by atoms with Crippen LogP contribution in [0.15, 0.2) is 12.1 Å². The van der Waals surface area contributed by atoms with Crippen LogP contribution in [-0.4, -0.2) is 68.8 Å². The van der Waals surface area contributed by atoms with Gasteiger partial charge in [-0.05, 0) is 66.4 Å². The molecule has 0 unspecified atom stereocenters. The predicted molar refractivity (Wildman–Crippen MR) is 111 cm³/mol. The van der Waals surface area contributed by atoms with Crippen molar-refractivity contribution in [1.82, 2.24) is 9.80 Å². The average Bonchev–Trinajstić information content (AvgIpc) is 2.68. The number of hydrogen-bond donors (Lipinski definition) is 0. The molecule has 7 heteroatoms. The summed E-state index contributed by atoms with van der Waals surface area (Å²) in [4.78, 5) is 17.3. The number of benzene rings is 1. The minimum atomic E-state index is 0.0202. The fourth-order valence-corrected chi connectivity index (χ4v) is 4.25. The van der Waals surface area contributed by atoms with E-state index in [2.05, 4.69) is 27.5 Å². The molecule has 1 aromatic carbocycles. The number of morpholine rings is 1. The van der Waals surface area contributed by atoms with Crippen molar-refractivity contribution in [2.75, 3.05) is 53.0 Å². The highest BCUT2D eigenvalue weighted by atomic mass is 127. The zero-order valence-electron chi connectivity index (χ0n) is 15.2. The molecule has 0 N–H and O–H groups in total. The molecular weight excluding hydrogens is 467 g/mol. The first-order valence-corrected chi connectivity index (χ1v) is 10.7. The van der Waals surface area contributed by atoms with Crippen LogP contribution in [0, 0.1) is 9.49 Å². The Morgan fingerprint density at radius 1 is 1.27 bits per heavy atom. The summed E-state index contributed by atoms with van der Waals surface area (Å²) in [5.41, 5.74) is 0.560. The molecule has 0 aromatic heterocycles. The van der Waals surface area contributed by atoms with Gasteiger partial charge in [-0.15, -0.1) is 0 Å². The van der Waals surface area contributed by atoms with Crippen molar-refractivity contribution >= 4 is 40.1 Å². The molecule has 1 amide bonds. The van der Waals surface area contributed by atoms with Gasteiger partial charge in [0.25, 0.3) is 5.91 Å². The zero-order valence-corrected chi connectivity index (χ0v) is 18.1. The Hall–Kier alpha value is -0.570. The van der Waals surface area contributed by atoms with E-state index in [1.807, 2.05) is 11.0 Å². The highest BCUT2D eigenvalue weighted by Crippen LogP contribution is 2.30. The zero-order chi connectivity index (χ0) is 18.5. The van der Waals surface area contributed by atoms with E-state index in [1.54, 1.807) is 13.2 Å². The first-order chi connectivity index (χ1) is 12.6. The maximum Gasteiger partial charge on any atom is 0.257 e. The molecule has 2 aliphatic rings. The lowest BCUT2D eigenvalue weighted by atomic mass is 9.93. The molecule has 26 heavy (non-hydrogen) atoms. The molecule has 0 aliphatic carbocycles. The molecule has 2 saturated heterocycles. The van der Waals surface area contributed by atoms with Crippen molar-refractivity contribution in [3.05, 3.63) is 26.3 Å². The number of amides is 1. The Morgan fingerprint density at radius 3 is 2.62 bits per heavy atom. The van der Waals surface area contributed by atoms with Crippen LogP contribution in [0.3, 0.4) is 0 Å². The van der Waals surface area contributed by atoms with Gasteiger partial charge in [-0.25, -0.2) is 0 Å². The molecule has 1 aromatic rings. The Kier molecular flexibility index (Phi) is 7.43. The number of hydrogen-bond acceptors (Lipinski definition) is 4. The summed E-state index contributed by atoms with van der Waals surface area (Å²) < 4.78 is 11.7. The fraction of sp³-hybridized carbons (Fsp3) is 0.632. The Bertz CT molecular complexity index is 629. The van der Waals surface area contributed by atoms with Crippen molar-refractivity contribution < 1.29 is 14.3 Å². The van der Waals surface area contributed by atoms with Gasteiger partial charge in [0.05, 0.1) is 30.9 Å².